The van der Waals surface area contributed by atoms with Gasteiger partial charge in [0, 0.05) is 17.0 Å². The molecule has 0 radical (unpaired) electrons. The number of thiophene rings is 1. The lowest BCUT2D eigenvalue weighted by Gasteiger charge is -2.31. The summed E-state index contributed by atoms with van der Waals surface area (Å²) in [4.78, 5) is 1.34. The van der Waals surface area contributed by atoms with Crippen molar-refractivity contribution in [2.45, 2.75) is 57.0 Å². The van der Waals surface area contributed by atoms with Gasteiger partial charge >= 0.3 is 0 Å². The Labute approximate surface area is 134 Å². The lowest BCUT2D eigenvalue weighted by Crippen LogP contribution is -2.46. The van der Waals surface area contributed by atoms with Gasteiger partial charge in [-0.05, 0) is 48.3 Å². The highest BCUT2D eigenvalue weighted by Crippen LogP contribution is 2.33. The molecule has 0 spiro atoms. The molecule has 0 fully saturated rings. The minimum Gasteiger partial charge on any atom is -0.315 e. The lowest BCUT2D eigenvalue weighted by molar-refractivity contribution is 0.341. The van der Waals surface area contributed by atoms with Crippen LogP contribution in [0, 0.1) is 0 Å². The Morgan fingerprint density at radius 2 is 1.80 bits per heavy atom. The van der Waals surface area contributed by atoms with Gasteiger partial charge in [-0.2, -0.15) is 0 Å². The zero-order valence-electron chi connectivity index (χ0n) is 12.4. The van der Waals surface area contributed by atoms with Crippen molar-refractivity contribution in [1.82, 2.24) is 10.0 Å². The summed E-state index contributed by atoms with van der Waals surface area (Å²) in [5.41, 5.74) is -0.358. The van der Waals surface area contributed by atoms with Crippen LogP contribution >= 0.6 is 27.3 Å². The average molecular weight is 383 g/mol. The lowest BCUT2D eigenvalue weighted by atomic mass is 9.91. The van der Waals surface area contributed by atoms with Gasteiger partial charge in [0.2, 0.25) is 10.0 Å². The maximum absolute atomic E-state index is 12.6. The average Bonchev–Trinajstić information content (AvgIpc) is 2.78. The van der Waals surface area contributed by atoms with E-state index < -0.39 is 10.0 Å². The molecule has 20 heavy (non-hydrogen) atoms. The smallest absolute Gasteiger partial charge is 0.243 e. The van der Waals surface area contributed by atoms with Gasteiger partial charge in [-0.3, -0.25) is 0 Å². The van der Waals surface area contributed by atoms with E-state index in [2.05, 4.69) is 26.0 Å². The van der Waals surface area contributed by atoms with Gasteiger partial charge in [-0.1, -0.05) is 20.8 Å². The van der Waals surface area contributed by atoms with Crippen LogP contribution in [-0.4, -0.2) is 21.0 Å². The molecule has 0 amide bonds. The van der Waals surface area contributed by atoms with Gasteiger partial charge in [-0.25, -0.2) is 13.1 Å². The molecule has 1 aromatic rings. The molecular formula is C13H23BrN2O2S2. The number of hydrogen-bond donors (Lipinski definition) is 2. The van der Waals surface area contributed by atoms with Crippen molar-refractivity contribution in [3.63, 3.8) is 0 Å². The maximum atomic E-state index is 12.6. The van der Waals surface area contributed by atoms with E-state index in [0.717, 1.165) is 24.1 Å². The van der Waals surface area contributed by atoms with Gasteiger partial charge in [0.25, 0.3) is 0 Å². The van der Waals surface area contributed by atoms with Crippen LogP contribution in [0.3, 0.4) is 0 Å². The molecule has 0 aliphatic carbocycles. The fraction of sp³-hybridized carbons (Fsp3) is 0.692. The summed E-state index contributed by atoms with van der Waals surface area (Å²) in [7, 11) is -1.65. The SMILES string of the molecule is CCC(CC)(CC)NS(=O)(=O)c1cc(CNC)sc1Br. The summed E-state index contributed by atoms with van der Waals surface area (Å²) < 4.78 is 28.8. The standard InChI is InChI=1S/C13H23BrN2O2S2/c1-5-13(6-2,7-3)16-20(17,18)11-8-10(9-15-4)19-12(11)14/h8,15-16H,5-7,9H2,1-4H3. The first-order chi connectivity index (χ1) is 9.34. The van der Waals surface area contributed by atoms with Crippen LogP contribution in [-0.2, 0) is 16.6 Å². The highest BCUT2D eigenvalue weighted by Gasteiger charge is 2.32. The number of nitrogens with one attached hydrogen (secondary N) is 2. The van der Waals surface area contributed by atoms with Crippen LogP contribution in [0.5, 0.6) is 0 Å². The molecule has 0 aliphatic heterocycles. The van der Waals surface area contributed by atoms with Crippen molar-refractivity contribution >= 4 is 37.3 Å². The van der Waals surface area contributed by atoms with Crippen molar-refractivity contribution in [3.05, 3.63) is 14.7 Å². The summed E-state index contributed by atoms with van der Waals surface area (Å²) in [6.45, 7) is 6.72. The molecule has 1 heterocycles. The highest BCUT2D eigenvalue weighted by atomic mass is 79.9. The van der Waals surface area contributed by atoms with Crippen LogP contribution in [0.15, 0.2) is 14.7 Å². The van der Waals surface area contributed by atoms with E-state index in [-0.39, 0.29) is 5.54 Å². The number of hydrogen-bond acceptors (Lipinski definition) is 4. The Hall–Kier alpha value is 0.0500. The van der Waals surface area contributed by atoms with Crippen LogP contribution in [0.1, 0.15) is 44.9 Å². The van der Waals surface area contributed by atoms with Crippen molar-refractivity contribution in [1.29, 1.82) is 0 Å². The zero-order valence-corrected chi connectivity index (χ0v) is 15.6. The summed E-state index contributed by atoms with van der Waals surface area (Å²) in [6, 6.07) is 1.74. The number of sulfonamides is 1. The molecule has 0 saturated carbocycles. The molecular weight excluding hydrogens is 360 g/mol. The fourth-order valence-corrected chi connectivity index (χ4v) is 6.46. The van der Waals surface area contributed by atoms with Crippen molar-refractivity contribution in [3.8, 4) is 0 Å². The largest absolute Gasteiger partial charge is 0.315 e. The van der Waals surface area contributed by atoms with Crippen molar-refractivity contribution in [2.75, 3.05) is 7.05 Å². The molecule has 0 bridgehead atoms. The Morgan fingerprint density at radius 3 is 2.25 bits per heavy atom. The summed E-state index contributed by atoms with van der Waals surface area (Å²) in [6.07, 6.45) is 2.35. The van der Waals surface area contributed by atoms with E-state index in [0.29, 0.717) is 15.2 Å². The third-order valence-corrected chi connectivity index (χ3v) is 7.56. The van der Waals surface area contributed by atoms with Gasteiger partial charge < -0.3 is 5.32 Å². The maximum Gasteiger partial charge on any atom is 0.243 e. The molecule has 2 N–H and O–H groups in total. The van der Waals surface area contributed by atoms with E-state index in [1.165, 1.54) is 11.3 Å². The monoisotopic (exact) mass is 382 g/mol. The topological polar surface area (TPSA) is 58.2 Å². The second kappa shape index (κ2) is 7.35. The molecule has 0 aromatic carbocycles. The second-order valence-electron chi connectivity index (χ2n) is 4.83. The first kappa shape index (κ1) is 18.1. The predicted octanol–water partition coefficient (Wildman–Crippen LogP) is 3.48. The van der Waals surface area contributed by atoms with Crippen LogP contribution in [0.2, 0.25) is 0 Å². The van der Waals surface area contributed by atoms with Crippen molar-refractivity contribution in [2.24, 2.45) is 0 Å². The molecule has 0 unspecified atom stereocenters. The van der Waals surface area contributed by atoms with Crippen molar-refractivity contribution < 1.29 is 8.42 Å². The zero-order chi connectivity index (χ0) is 15.4. The third kappa shape index (κ3) is 4.04. The van der Waals surface area contributed by atoms with Gasteiger partial charge in [0.1, 0.15) is 4.90 Å². The molecule has 1 rings (SSSR count). The fourth-order valence-electron chi connectivity index (χ4n) is 2.15. The molecule has 7 heteroatoms. The second-order valence-corrected chi connectivity index (χ2v) is 8.93. The third-order valence-electron chi connectivity index (χ3n) is 3.73. The summed E-state index contributed by atoms with van der Waals surface area (Å²) in [5, 5.41) is 3.03. The molecule has 0 aliphatic rings. The first-order valence-electron chi connectivity index (χ1n) is 6.81. The van der Waals surface area contributed by atoms with Gasteiger partial charge in [0.15, 0.2) is 0 Å². The predicted molar refractivity (Wildman–Crippen MR) is 88.7 cm³/mol. The van der Waals surface area contributed by atoms with Gasteiger partial charge in [-0.15, -0.1) is 11.3 Å². The first-order valence-corrected chi connectivity index (χ1v) is 9.90. The Bertz CT molecular complexity index is 528. The minimum atomic E-state index is -3.50. The minimum absolute atomic E-state index is 0.340. The molecule has 0 saturated heterocycles. The summed E-state index contributed by atoms with van der Waals surface area (Å²) >= 11 is 4.82. The molecule has 116 valence electrons. The van der Waals surface area contributed by atoms with E-state index in [4.69, 9.17) is 0 Å². The Morgan fingerprint density at radius 1 is 1.25 bits per heavy atom. The number of rotatable bonds is 8. The van der Waals surface area contributed by atoms with Gasteiger partial charge in [0.05, 0.1) is 3.79 Å². The van der Waals surface area contributed by atoms with E-state index in [1.807, 2.05) is 27.8 Å². The Balaban J connectivity index is 3.10. The Kier molecular flexibility index (Phi) is 6.66. The quantitative estimate of drug-likeness (QED) is 0.723. The molecule has 1 aromatic heterocycles. The number of halogens is 1. The molecule has 0 atom stereocenters. The van der Waals surface area contributed by atoms with Crippen LogP contribution < -0.4 is 10.0 Å². The van der Waals surface area contributed by atoms with E-state index in [9.17, 15) is 8.42 Å². The highest BCUT2D eigenvalue weighted by molar-refractivity contribution is 9.11. The van der Waals surface area contributed by atoms with Crippen LogP contribution in [0.4, 0.5) is 0 Å². The van der Waals surface area contributed by atoms with E-state index >= 15 is 0 Å². The summed E-state index contributed by atoms with van der Waals surface area (Å²) in [5.74, 6) is 0. The molecule has 4 nitrogen and oxygen atoms in total. The van der Waals surface area contributed by atoms with Crippen LogP contribution in [0.25, 0.3) is 0 Å². The van der Waals surface area contributed by atoms with E-state index in [1.54, 1.807) is 6.07 Å². The normalized spacial score (nSPS) is 12.8.